The van der Waals surface area contributed by atoms with Gasteiger partial charge in [0.2, 0.25) is 10.0 Å². The van der Waals surface area contributed by atoms with Gasteiger partial charge >= 0.3 is 0 Å². The maximum Gasteiger partial charge on any atom is 0.242 e. The number of aryl methyl sites for hydroxylation is 2. The summed E-state index contributed by atoms with van der Waals surface area (Å²) in [4.78, 5) is 0.0627. The molecule has 0 aliphatic rings. The fourth-order valence-corrected chi connectivity index (χ4v) is 3.12. The molecule has 0 bridgehead atoms. The zero-order chi connectivity index (χ0) is 15.6. The first kappa shape index (κ1) is 15.5. The molecule has 0 saturated carbocycles. The van der Waals surface area contributed by atoms with Gasteiger partial charge in [-0.1, -0.05) is 12.1 Å². The Hall–Kier alpha value is -1.92. The Balaban J connectivity index is 2.22. The maximum atomic E-state index is 12.8. The molecular formula is C15H17FN2O2S. The summed E-state index contributed by atoms with van der Waals surface area (Å²) in [6.45, 7) is 3.77. The minimum absolute atomic E-state index is 0.0627. The van der Waals surface area contributed by atoms with E-state index in [2.05, 4.69) is 4.72 Å². The van der Waals surface area contributed by atoms with E-state index < -0.39 is 10.0 Å². The fraction of sp³-hybridized carbons (Fsp3) is 0.200. The van der Waals surface area contributed by atoms with Gasteiger partial charge in [-0.05, 0) is 54.8 Å². The SMILES string of the molecule is Cc1cc(N)c(S(=O)(=O)NCc2ccc(F)cc2)cc1C. The summed E-state index contributed by atoms with van der Waals surface area (Å²) in [5, 5.41) is 0. The number of anilines is 1. The van der Waals surface area contributed by atoms with Crippen molar-refractivity contribution >= 4 is 15.7 Å². The fourth-order valence-electron chi connectivity index (χ4n) is 1.90. The lowest BCUT2D eigenvalue weighted by Crippen LogP contribution is -2.24. The first-order valence-corrected chi connectivity index (χ1v) is 7.89. The Morgan fingerprint density at radius 2 is 1.67 bits per heavy atom. The zero-order valence-corrected chi connectivity index (χ0v) is 12.7. The Bertz CT molecular complexity index is 756. The van der Waals surface area contributed by atoms with Gasteiger partial charge in [0.05, 0.1) is 5.69 Å². The van der Waals surface area contributed by atoms with Crippen LogP contribution in [0.2, 0.25) is 0 Å². The highest BCUT2D eigenvalue weighted by molar-refractivity contribution is 7.89. The van der Waals surface area contributed by atoms with Crippen LogP contribution in [-0.4, -0.2) is 8.42 Å². The standard InChI is InChI=1S/C15H17FN2O2S/c1-10-7-14(17)15(8-11(10)2)21(19,20)18-9-12-3-5-13(16)6-4-12/h3-8,18H,9,17H2,1-2H3. The van der Waals surface area contributed by atoms with Crippen LogP contribution in [0, 0.1) is 19.7 Å². The van der Waals surface area contributed by atoms with Crippen LogP contribution >= 0.6 is 0 Å². The van der Waals surface area contributed by atoms with Gasteiger partial charge < -0.3 is 5.73 Å². The third kappa shape index (κ3) is 3.59. The third-order valence-corrected chi connectivity index (χ3v) is 4.75. The molecule has 0 saturated heterocycles. The number of benzene rings is 2. The van der Waals surface area contributed by atoms with E-state index in [9.17, 15) is 12.8 Å². The van der Waals surface area contributed by atoms with Crippen molar-refractivity contribution in [1.82, 2.24) is 4.72 Å². The molecule has 3 N–H and O–H groups in total. The minimum atomic E-state index is -3.71. The first-order valence-electron chi connectivity index (χ1n) is 6.40. The third-order valence-electron chi connectivity index (χ3n) is 3.30. The highest BCUT2D eigenvalue weighted by atomic mass is 32.2. The van der Waals surface area contributed by atoms with Crippen LogP contribution in [0.25, 0.3) is 0 Å². The van der Waals surface area contributed by atoms with Crippen molar-refractivity contribution in [2.45, 2.75) is 25.3 Å². The highest BCUT2D eigenvalue weighted by Gasteiger charge is 2.18. The predicted molar refractivity (Wildman–Crippen MR) is 80.8 cm³/mol. The highest BCUT2D eigenvalue weighted by Crippen LogP contribution is 2.22. The molecule has 0 atom stereocenters. The summed E-state index contributed by atoms with van der Waals surface area (Å²) in [5.74, 6) is -0.361. The molecule has 0 spiro atoms. The Morgan fingerprint density at radius 3 is 2.29 bits per heavy atom. The van der Waals surface area contributed by atoms with E-state index >= 15 is 0 Å². The van der Waals surface area contributed by atoms with Gasteiger partial charge in [-0.15, -0.1) is 0 Å². The van der Waals surface area contributed by atoms with Gasteiger partial charge in [-0.25, -0.2) is 17.5 Å². The predicted octanol–water partition coefficient (Wildman–Crippen LogP) is 2.50. The second kappa shape index (κ2) is 5.83. The van der Waals surface area contributed by atoms with Crippen LogP contribution in [0.1, 0.15) is 16.7 Å². The molecule has 0 fully saturated rings. The molecule has 112 valence electrons. The quantitative estimate of drug-likeness (QED) is 0.852. The Labute approximate surface area is 123 Å². The first-order chi connectivity index (χ1) is 9.79. The van der Waals surface area contributed by atoms with E-state index in [4.69, 9.17) is 5.73 Å². The molecular weight excluding hydrogens is 291 g/mol. The van der Waals surface area contributed by atoms with E-state index in [1.54, 1.807) is 12.1 Å². The number of nitrogen functional groups attached to an aromatic ring is 1. The summed E-state index contributed by atoms with van der Waals surface area (Å²) in [6, 6.07) is 8.82. The number of sulfonamides is 1. The summed E-state index contributed by atoms with van der Waals surface area (Å²) >= 11 is 0. The minimum Gasteiger partial charge on any atom is -0.398 e. The molecule has 0 radical (unpaired) electrons. The number of hydrogen-bond acceptors (Lipinski definition) is 3. The second-order valence-corrected chi connectivity index (χ2v) is 6.66. The van der Waals surface area contributed by atoms with Crippen LogP contribution < -0.4 is 10.5 Å². The largest absolute Gasteiger partial charge is 0.398 e. The summed E-state index contributed by atoms with van der Waals surface area (Å²) < 4.78 is 39.9. The van der Waals surface area contributed by atoms with Crippen molar-refractivity contribution in [2.75, 3.05) is 5.73 Å². The van der Waals surface area contributed by atoms with Crippen molar-refractivity contribution in [3.05, 3.63) is 58.9 Å². The van der Waals surface area contributed by atoms with E-state index in [1.165, 1.54) is 24.3 Å². The molecule has 0 unspecified atom stereocenters. The van der Waals surface area contributed by atoms with Gasteiger partial charge in [-0.2, -0.15) is 0 Å². The molecule has 2 aromatic rings. The molecule has 2 aromatic carbocycles. The number of nitrogens with two attached hydrogens (primary N) is 1. The zero-order valence-electron chi connectivity index (χ0n) is 11.9. The molecule has 6 heteroatoms. The summed E-state index contributed by atoms with van der Waals surface area (Å²) in [7, 11) is -3.71. The Kier molecular flexibility index (Phi) is 4.29. The number of rotatable bonds is 4. The van der Waals surface area contributed by atoms with Crippen LogP contribution in [0.15, 0.2) is 41.3 Å². The van der Waals surface area contributed by atoms with Crippen molar-refractivity contribution in [3.8, 4) is 0 Å². The van der Waals surface area contributed by atoms with Gasteiger partial charge in [0.15, 0.2) is 0 Å². The maximum absolute atomic E-state index is 12.8. The normalized spacial score (nSPS) is 11.6. The lowest BCUT2D eigenvalue weighted by atomic mass is 10.1. The number of hydrogen-bond donors (Lipinski definition) is 2. The van der Waals surface area contributed by atoms with E-state index in [-0.39, 0.29) is 22.9 Å². The monoisotopic (exact) mass is 308 g/mol. The van der Waals surface area contributed by atoms with E-state index in [1.807, 2.05) is 13.8 Å². The molecule has 0 aromatic heterocycles. The molecule has 2 rings (SSSR count). The van der Waals surface area contributed by atoms with Crippen LogP contribution in [0.5, 0.6) is 0 Å². The van der Waals surface area contributed by atoms with Crippen LogP contribution in [0.3, 0.4) is 0 Å². The average molecular weight is 308 g/mol. The lowest BCUT2D eigenvalue weighted by molar-refractivity contribution is 0.581. The summed E-state index contributed by atoms with van der Waals surface area (Å²) in [6.07, 6.45) is 0. The van der Waals surface area contributed by atoms with Crippen molar-refractivity contribution < 1.29 is 12.8 Å². The molecule has 0 aliphatic carbocycles. The van der Waals surface area contributed by atoms with Gasteiger partial charge in [0.1, 0.15) is 10.7 Å². The van der Waals surface area contributed by atoms with Gasteiger partial charge in [0.25, 0.3) is 0 Å². The van der Waals surface area contributed by atoms with Crippen molar-refractivity contribution in [2.24, 2.45) is 0 Å². The second-order valence-electron chi connectivity index (χ2n) is 4.93. The Morgan fingerprint density at radius 1 is 1.10 bits per heavy atom. The number of nitrogens with one attached hydrogen (secondary N) is 1. The van der Waals surface area contributed by atoms with E-state index in [0.717, 1.165) is 11.1 Å². The van der Waals surface area contributed by atoms with Crippen LogP contribution in [-0.2, 0) is 16.6 Å². The van der Waals surface area contributed by atoms with Gasteiger partial charge in [0, 0.05) is 6.54 Å². The van der Waals surface area contributed by atoms with Crippen molar-refractivity contribution in [1.29, 1.82) is 0 Å². The van der Waals surface area contributed by atoms with Gasteiger partial charge in [-0.3, -0.25) is 0 Å². The topological polar surface area (TPSA) is 72.2 Å². The molecule has 0 amide bonds. The van der Waals surface area contributed by atoms with Crippen LogP contribution in [0.4, 0.5) is 10.1 Å². The molecule has 0 heterocycles. The smallest absolute Gasteiger partial charge is 0.242 e. The van der Waals surface area contributed by atoms with Crippen molar-refractivity contribution in [3.63, 3.8) is 0 Å². The molecule has 21 heavy (non-hydrogen) atoms. The number of halogens is 1. The average Bonchev–Trinajstić information content (AvgIpc) is 2.42. The lowest BCUT2D eigenvalue weighted by Gasteiger charge is -2.11. The molecule has 0 aliphatic heterocycles. The summed E-state index contributed by atoms with van der Waals surface area (Å²) in [5.41, 5.74) is 8.47. The molecule has 4 nitrogen and oxygen atoms in total. The van der Waals surface area contributed by atoms with E-state index in [0.29, 0.717) is 5.56 Å².